The third-order valence-corrected chi connectivity index (χ3v) is 5.17. The van der Waals surface area contributed by atoms with Crippen LogP contribution in [0.1, 0.15) is 71.6 Å². The van der Waals surface area contributed by atoms with Crippen LogP contribution >= 0.6 is 0 Å². The number of hydrogen-bond acceptors (Lipinski definition) is 10. The summed E-state index contributed by atoms with van der Waals surface area (Å²) in [4.78, 5) is 36.8. The van der Waals surface area contributed by atoms with Crippen LogP contribution in [0.3, 0.4) is 0 Å². The van der Waals surface area contributed by atoms with Gasteiger partial charge in [0.1, 0.15) is 18.8 Å². The lowest BCUT2D eigenvalue weighted by Crippen LogP contribution is -2.43. The molecule has 5 unspecified atom stereocenters. The summed E-state index contributed by atoms with van der Waals surface area (Å²) in [5.41, 5.74) is 11.3. The van der Waals surface area contributed by atoms with E-state index in [1.807, 2.05) is 13.8 Å². The molecule has 0 aromatic rings. The molecule has 5 atom stereocenters. The Kier molecular flexibility index (Phi) is 14.1. The number of methoxy groups -OCH3 is 1. The summed E-state index contributed by atoms with van der Waals surface area (Å²) in [6.45, 7) is 4.25. The third-order valence-electron chi connectivity index (χ3n) is 5.17. The highest BCUT2D eigenvalue weighted by atomic mass is 16.7. The van der Waals surface area contributed by atoms with Crippen molar-refractivity contribution in [3.05, 3.63) is 0 Å². The molecule has 0 aromatic carbocycles. The van der Waals surface area contributed by atoms with Crippen molar-refractivity contribution in [1.29, 1.82) is 0 Å². The molecular weight excluding hydrogens is 420 g/mol. The Morgan fingerprint density at radius 1 is 0.938 bits per heavy atom. The minimum atomic E-state index is -0.962. The third kappa shape index (κ3) is 9.81. The fourth-order valence-corrected chi connectivity index (χ4v) is 3.24. The second-order valence-corrected chi connectivity index (χ2v) is 7.92. The molecule has 1 aliphatic rings. The second kappa shape index (κ2) is 16.0. The SMILES string of the molecule is CCCCC(=O)OC1C(COC(=O)C(N)CCCCN)OC(OC)C1OC(=O)CCCC. The largest absolute Gasteiger partial charge is 0.462 e. The topological polar surface area (TPSA) is 149 Å². The maximum atomic E-state index is 12.3. The lowest BCUT2D eigenvalue weighted by atomic mass is 10.1. The van der Waals surface area contributed by atoms with Gasteiger partial charge in [-0.05, 0) is 32.2 Å². The zero-order valence-electron chi connectivity index (χ0n) is 19.6. The predicted octanol–water partition coefficient (Wildman–Crippen LogP) is 1.56. The van der Waals surface area contributed by atoms with Crippen LogP contribution in [0.15, 0.2) is 0 Å². The fourth-order valence-electron chi connectivity index (χ4n) is 3.24. The Balaban J connectivity index is 2.82. The van der Waals surface area contributed by atoms with Gasteiger partial charge in [0.05, 0.1) is 0 Å². The number of hydrogen-bond donors (Lipinski definition) is 2. The van der Waals surface area contributed by atoms with Crippen molar-refractivity contribution in [1.82, 2.24) is 0 Å². The van der Waals surface area contributed by atoms with E-state index in [-0.39, 0.29) is 19.4 Å². The molecule has 4 N–H and O–H groups in total. The summed E-state index contributed by atoms with van der Waals surface area (Å²) in [6.07, 6.45) is 1.67. The molecule has 0 spiro atoms. The van der Waals surface area contributed by atoms with Crippen molar-refractivity contribution >= 4 is 17.9 Å². The Bertz CT molecular complexity index is 574. The summed E-state index contributed by atoms with van der Waals surface area (Å²) >= 11 is 0. The quantitative estimate of drug-likeness (QED) is 0.197. The summed E-state index contributed by atoms with van der Waals surface area (Å²) in [5, 5.41) is 0. The molecule has 0 aliphatic carbocycles. The van der Waals surface area contributed by atoms with Crippen molar-refractivity contribution in [3.63, 3.8) is 0 Å². The number of nitrogens with two attached hydrogens (primary N) is 2. The van der Waals surface area contributed by atoms with Crippen molar-refractivity contribution in [3.8, 4) is 0 Å². The summed E-state index contributed by atoms with van der Waals surface area (Å²) in [7, 11) is 1.40. The molecule has 1 saturated heterocycles. The van der Waals surface area contributed by atoms with Gasteiger partial charge in [0.2, 0.25) is 0 Å². The molecule has 32 heavy (non-hydrogen) atoms. The Morgan fingerprint density at radius 3 is 2.06 bits per heavy atom. The fraction of sp³-hybridized carbons (Fsp3) is 0.864. The number of carbonyl (C=O) groups excluding carboxylic acids is 3. The van der Waals surface area contributed by atoms with E-state index < -0.39 is 48.6 Å². The molecule has 1 rings (SSSR count). The van der Waals surface area contributed by atoms with Gasteiger partial charge in [-0.1, -0.05) is 33.1 Å². The highest BCUT2D eigenvalue weighted by Crippen LogP contribution is 2.29. The molecule has 0 aromatic heterocycles. The van der Waals surface area contributed by atoms with Gasteiger partial charge in [-0.25, -0.2) is 0 Å². The highest BCUT2D eigenvalue weighted by Gasteiger charge is 2.50. The van der Waals surface area contributed by atoms with Crippen molar-refractivity contribution < 1.29 is 38.1 Å². The molecule has 10 nitrogen and oxygen atoms in total. The Morgan fingerprint density at radius 2 is 1.53 bits per heavy atom. The zero-order chi connectivity index (χ0) is 23.9. The van der Waals surface area contributed by atoms with Crippen LogP contribution in [0.5, 0.6) is 0 Å². The lowest BCUT2D eigenvalue weighted by Gasteiger charge is -2.24. The summed E-state index contributed by atoms with van der Waals surface area (Å²) in [6, 6.07) is -0.783. The van der Waals surface area contributed by atoms with E-state index in [4.69, 9.17) is 35.2 Å². The molecule has 0 saturated carbocycles. The maximum absolute atomic E-state index is 12.3. The number of unbranched alkanes of at least 4 members (excludes halogenated alkanes) is 3. The molecule has 186 valence electrons. The van der Waals surface area contributed by atoms with E-state index in [0.717, 1.165) is 19.3 Å². The van der Waals surface area contributed by atoms with E-state index in [1.54, 1.807) is 0 Å². The predicted molar refractivity (Wildman–Crippen MR) is 116 cm³/mol. The van der Waals surface area contributed by atoms with Crippen LogP contribution in [0.2, 0.25) is 0 Å². The van der Waals surface area contributed by atoms with Gasteiger partial charge in [-0.2, -0.15) is 0 Å². The van der Waals surface area contributed by atoms with Crippen LogP contribution < -0.4 is 11.5 Å². The molecule has 0 radical (unpaired) electrons. The van der Waals surface area contributed by atoms with E-state index in [1.165, 1.54) is 7.11 Å². The minimum Gasteiger partial charge on any atom is -0.462 e. The average Bonchev–Trinajstić information content (AvgIpc) is 3.10. The Labute approximate surface area is 190 Å². The zero-order valence-corrected chi connectivity index (χ0v) is 19.6. The van der Waals surface area contributed by atoms with E-state index in [0.29, 0.717) is 32.2 Å². The van der Waals surface area contributed by atoms with E-state index >= 15 is 0 Å². The first-order valence-electron chi connectivity index (χ1n) is 11.6. The first kappa shape index (κ1) is 28.3. The van der Waals surface area contributed by atoms with Gasteiger partial charge in [-0.3, -0.25) is 14.4 Å². The van der Waals surface area contributed by atoms with Crippen LogP contribution in [0.4, 0.5) is 0 Å². The highest BCUT2D eigenvalue weighted by molar-refractivity contribution is 5.75. The van der Waals surface area contributed by atoms with Crippen molar-refractivity contribution in [2.45, 2.75) is 102 Å². The van der Waals surface area contributed by atoms with Gasteiger partial charge in [-0.15, -0.1) is 0 Å². The molecule has 1 heterocycles. The van der Waals surface area contributed by atoms with E-state index in [9.17, 15) is 14.4 Å². The van der Waals surface area contributed by atoms with Crippen LogP contribution in [-0.4, -0.2) is 68.8 Å². The van der Waals surface area contributed by atoms with Gasteiger partial charge in [0, 0.05) is 20.0 Å². The number of carbonyl (C=O) groups is 3. The van der Waals surface area contributed by atoms with Gasteiger partial charge in [0.15, 0.2) is 18.5 Å². The molecule has 0 amide bonds. The van der Waals surface area contributed by atoms with E-state index in [2.05, 4.69) is 0 Å². The van der Waals surface area contributed by atoms with Gasteiger partial charge in [0.25, 0.3) is 0 Å². The summed E-state index contributed by atoms with van der Waals surface area (Å²) in [5.74, 6) is -1.46. The van der Waals surface area contributed by atoms with Crippen molar-refractivity contribution in [2.24, 2.45) is 11.5 Å². The van der Waals surface area contributed by atoms with Gasteiger partial charge >= 0.3 is 17.9 Å². The maximum Gasteiger partial charge on any atom is 0.323 e. The lowest BCUT2D eigenvalue weighted by molar-refractivity contribution is -0.184. The molecule has 0 bridgehead atoms. The smallest absolute Gasteiger partial charge is 0.323 e. The first-order chi connectivity index (χ1) is 15.4. The summed E-state index contributed by atoms with van der Waals surface area (Å²) < 4.78 is 27.5. The number of ether oxygens (including phenoxy) is 5. The van der Waals surface area contributed by atoms with Crippen LogP contribution in [0, 0.1) is 0 Å². The normalized spacial score (nSPS) is 23.5. The van der Waals surface area contributed by atoms with Gasteiger partial charge < -0.3 is 35.2 Å². The average molecular weight is 461 g/mol. The van der Waals surface area contributed by atoms with Crippen LogP contribution in [-0.2, 0) is 38.1 Å². The molecule has 10 heteroatoms. The standard InChI is InChI=1S/C22H40N2O8/c1-4-6-11-17(25)31-19-16(14-29-21(27)15(24)10-8-9-13-23)30-22(28-3)20(19)32-18(26)12-7-5-2/h15-16,19-20,22H,4-14,23-24H2,1-3H3. The van der Waals surface area contributed by atoms with Crippen molar-refractivity contribution in [2.75, 3.05) is 20.3 Å². The minimum absolute atomic E-state index is 0.210. The number of rotatable bonds is 16. The molecule has 1 aliphatic heterocycles. The van der Waals surface area contributed by atoms with Crippen LogP contribution in [0.25, 0.3) is 0 Å². The molecule has 1 fully saturated rings. The number of esters is 3. The monoisotopic (exact) mass is 460 g/mol. The first-order valence-corrected chi connectivity index (χ1v) is 11.6. The molecular formula is C22H40N2O8. The Hall–Kier alpha value is -1.75. The second-order valence-electron chi connectivity index (χ2n) is 7.92.